The van der Waals surface area contributed by atoms with Gasteiger partial charge in [0.2, 0.25) is 11.8 Å². The summed E-state index contributed by atoms with van der Waals surface area (Å²) in [4.78, 5) is 27.2. The molecule has 6 heteroatoms. The topological polar surface area (TPSA) is 64.7 Å². The van der Waals surface area contributed by atoms with E-state index >= 15 is 0 Å². The van der Waals surface area contributed by atoms with E-state index in [2.05, 4.69) is 15.5 Å². The molecule has 18 heavy (non-hydrogen) atoms. The van der Waals surface area contributed by atoms with Crippen LogP contribution < -0.4 is 10.6 Å². The highest BCUT2D eigenvalue weighted by Gasteiger charge is 2.26. The molecule has 0 aliphatic carbocycles. The van der Waals surface area contributed by atoms with Crippen LogP contribution >= 0.6 is 0 Å². The van der Waals surface area contributed by atoms with Gasteiger partial charge in [-0.3, -0.25) is 14.9 Å². The Balaban J connectivity index is 2.38. The summed E-state index contributed by atoms with van der Waals surface area (Å²) in [5, 5.41) is 5.68. The van der Waals surface area contributed by atoms with Gasteiger partial charge in [0.15, 0.2) is 0 Å². The summed E-state index contributed by atoms with van der Waals surface area (Å²) in [5.41, 5.74) is 0. The van der Waals surface area contributed by atoms with Gasteiger partial charge in [0.25, 0.3) is 0 Å². The van der Waals surface area contributed by atoms with E-state index < -0.39 is 0 Å². The van der Waals surface area contributed by atoms with E-state index in [-0.39, 0.29) is 24.4 Å². The molecule has 1 fully saturated rings. The Morgan fingerprint density at radius 3 is 2.61 bits per heavy atom. The van der Waals surface area contributed by atoms with Gasteiger partial charge in [-0.05, 0) is 34.0 Å². The van der Waals surface area contributed by atoms with Crippen LogP contribution in [0.3, 0.4) is 0 Å². The number of rotatable bonds is 6. The molecule has 1 unspecified atom stereocenters. The van der Waals surface area contributed by atoms with E-state index in [1.165, 1.54) is 0 Å². The van der Waals surface area contributed by atoms with E-state index in [1.807, 2.05) is 25.9 Å². The fourth-order valence-electron chi connectivity index (χ4n) is 1.96. The Bertz CT molecular complexity index is 284. The average Bonchev–Trinajstić information content (AvgIpc) is 2.34. The van der Waals surface area contributed by atoms with Crippen molar-refractivity contribution in [3.8, 4) is 0 Å². The maximum absolute atomic E-state index is 12.2. The van der Waals surface area contributed by atoms with Gasteiger partial charge in [-0.2, -0.15) is 0 Å². The molecule has 0 aromatic rings. The number of piperazine rings is 1. The fraction of sp³-hybridized carbons (Fsp3) is 0.833. The molecule has 1 rings (SSSR count). The van der Waals surface area contributed by atoms with Crippen molar-refractivity contribution in [2.75, 3.05) is 46.8 Å². The van der Waals surface area contributed by atoms with Gasteiger partial charge in [-0.25, -0.2) is 0 Å². The van der Waals surface area contributed by atoms with Gasteiger partial charge >= 0.3 is 0 Å². The molecule has 0 saturated carbocycles. The molecule has 2 N–H and O–H groups in total. The molecule has 0 aromatic carbocycles. The smallest absolute Gasteiger partial charge is 0.241 e. The lowest BCUT2D eigenvalue weighted by atomic mass is 10.2. The molecule has 0 spiro atoms. The van der Waals surface area contributed by atoms with E-state index in [9.17, 15) is 9.59 Å². The SMILES string of the molecule is CCN(CCCN(C)C)C(=O)C1CNC(=O)CN1. The molecule has 0 aromatic heterocycles. The number of nitrogens with one attached hydrogen (secondary N) is 2. The minimum atomic E-state index is -0.276. The summed E-state index contributed by atoms with van der Waals surface area (Å²) in [7, 11) is 4.05. The molecule has 1 aliphatic heterocycles. The largest absolute Gasteiger partial charge is 0.353 e. The zero-order chi connectivity index (χ0) is 13.5. The molecular formula is C12H24N4O2. The number of carbonyl (C=O) groups is 2. The molecule has 2 amide bonds. The Morgan fingerprint density at radius 2 is 2.11 bits per heavy atom. The third-order valence-electron chi connectivity index (χ3n) is 3.04. The van der Waals surface area contributed by atoms with Crippen LogP contribution in [0.2, 0.25) is 0 Å². The molecule has 1 aliphatic rings. The second-order valence-corrected chi connectivity index (χ2v) is 4.81. The normalized spacial score (nSPS) is 19.8. The lowest BCUT2D eigenvalue weighted by molar-refractivity contribution is -0.134. The number of hydrogen-bond donors (Lipinski definition) is 2. The van der Waals surface area contributed by atoms with Crippen LogP contribution in [0, 0.1) is 0 Å². The summed E-state index contributed by atoms with van der Waals surface area (Å²) < 4.78 is 0. The first-order chi connectivity index (χ1) is 8.54. The Kier molecular flexibility index (Phi) is 6.07. The number of carbonyl (C=O) groups excluding carboxylic acids is 2. The quantitative estimate of drug-likeness (QED) is 0.631. The van der Waals surface area contributed by atoms with Gasteiger partial charge in [0, 0.05) is 19.6 Å². The van der Waals surface area contributed by atoms with Crippen molar-refractivity contribution in [3.63, 3.8) is 0 Å². The summed E-state index contributed by atoms with van der Waals surface area (Å²) in [6.45, 7) is 5.04. The highest BCUT2D eigenvalue weighted by atomic mass is 16.2. The zero-order valence-corrected chi connectivity index (χ0v) is 11.5. The summed E-state index contributed by atoms with van der Waals surface area (Å²) in [5.74, 6) is 0.0333. The van der Waals surface area contributed by atoms with E-state index in [4.69, 9.17) is 0 Å². The Morgan fingerprint density at radius 1 is 1.39 bits per heavy atom. The standard InChI is InChI=1S/C12H24N4O2/c1-4-16(7-5-6-15(2)3)12(18)10-8-14-11(17)9-13-10/h10,13H,4-9H2,1-3H3,(H,14,17). The molecular weight excluding hydrogens is 232 g/mol. The molecule has 1 heterocycles. The van der Waals surface area contributed by atoms with Crippen molar-refractivity contribution in [1.29, 1.82) is 0 Å². The maximum Gasteiger partial charge on any atom is 0.241 e. The number of nitrogens with zero attached hydrogens (tertiary/aromatic N) is 2. The molecule has 1 saturated heterocycles. The van der Waals surface area contributed by atoms with Crippen molar-refractivity contribution in [1.82, 2.24) is 20.4 Å². The lowest BCUT2D eigenvalue weighted by Crippen LogP contribution is -2.58. The van der Waals surface area contributed by atoms with E-state index in [1.54, 1.807) is 0 Å². The zero-order valence-electron chi connectivity index (χ0n) is 11.5. The van der Waals surface area contributed by atoms with Gasteiger partial charge in [-0.15, -0.1) is 0 Å². The van der Waals surface area contributed by atoms with Crippen molar-refractivity contribution >= 4 is 11.8 Å². The minimum Gasteiger partial charge on any atom is -0.353 e. The van der Waals surface area contributed by atoms with Crippen molar-refractivity contribution in [2.45, 2.75) is 19.4 Å². The second-order valence-electron chi connectivity index (χ2n) is 4.81. The lowest BCUT2D eigenvalue weighted by Gasteiger charge is -2.29. The van der Waals surface area contributed by atoms with Crippen LogP contribution in [0.4, 0.5) is 0 Å². The first-order valence-electron chi connectivity index (χ1n) is 6.48. The van der Waals surface area contributed by atoms with Crippen LogP contribution in [-0.4, -0.2) is 74.5 Å². The fourth-order valence-corrected chi connectivity index (χ4v) is 1.96. The van der Waals surface area contributed by atoms with Crippen LogP contribution in [0.15, 0.2) is 0 Å². The highest BCUT2D eigenvalue weighted by molar-refractivity contribution is 5.86. The highest BCUT2D eigenvalue weighted by Crippen LogP contribution is 2.00. The van der Waals surface area contributed by atoms with Crippen molar-refractivity contribution in [3.05, 3.63) is 0 Å². The molecule has 1 atom stereocenters. The number of amides is 2. The van der Waals surface area contributed by atoms with Crippen molar-refractivity contribution in [2.24, 2.45) is 0 Å². The van der Waals surface area contributed by atoms with E-state index in [0.29, 0.717) is 13.1 Å². The average molecular weight is 256 g/mol. The first-order valence-corrected chi connectivity index (χ1v) is 6.48. The molecule has 104 valence electrons. The van der Waals surface area contributed by atoms with Crippen LogP contribution in [0.25, 0.3) is 0 Å². The van der Waals surface area contributed by atoms with Gasteiger partial charge in [0.05, 0.1) is 6.54 Å². The maximum atomic E-state index is 12.2. The third-order valence-corrected chi connectivity index (χ3v) is 3.04. The third kappa shape index (κ3) is 4.62. The first kappa shape index (κ1) is 14.9. The van der Waals surface area contributed by atoms with Crippen molar-refractivity contribution < 1.29 is 9.59 Å². The van der Waals surface area contributed by atoms with Crippen LogP contribution in [0.1, 0.15) is 13.3 Å². The second kappa shape index (κ2) is 7.33. The predicted molar refractivity (Wildman–Crippen MR) is 70.2 cm³/mol. The minimum absolute atomic E-state index is 0.0466. The van der Waals surface area contributed by atoms with Crippen LogP contribution in [-0.2, 0) is 9.59 Å². The molecule has 6 nitrogen and oxygen atoms in total. The Labute approximate surface area is 109 Å². The number of hydrogen-bond acceptors (Lipinski definition) is 4. The monoisotopic (exact) mass is 256 g/mol. The van der Waals surface area contributed by atoms with Gasteiger partial charge < -0.3 is 15.1 Å². The predicted octanol–water partition coefficient (Wildman–Crippen LogP) is -1.13. The van der Waals surface area contributed by atoms with Gasteiger partial charge in [0.1, 0.15) is 6.04 Å². The molecule has 0 radical (unpaired) electrons. The Hall–Kier alpha value is -1.14. The number of likely N-dealkylation sites (N-methyl/N-ethyl adjacent to an activating group) is 1. The summed E-state index contributed by atoms with van der Waals surface area (Å²) in [6.07, 6.45) is 0.964. The van der Waals surface area contributed by atoms with Gasteiger partial charge in [-0.1, -0.05) is 0 Å². The summed E-state index contributed by atoms with van der Waals surface area (Å²) >= 11 is 0. The van der Waals surface area contributed by atoms with Crippen LogP contribution in [0.5, 0.6) is 0 Å². The van der Waals surface area contributed by atoms with E-state index in [0.717, 1.165) is 19.5 Å². The molecule has 0 bridgehead atoms. The summed E-state index contributed by atoms with van der Waals surface area (Å²) in [6, 6.07) is -0.276.